The molecule has 4 heteroatoms. The van der Waals surface area contributed by atoms with E-state index < -0.39 is 0 Å². The highest BCUT2D eigenvalue weighted by Gasteiger charge is 2.17. The Morgan fingerprint density at radius 3 is 2.80 bits per heavy atom. The van der Waals surface area contributed by atoms with Crippen LogP contribution in [-0.4, -0.2) is 37.0 Å². The van der Waals surface area contributed by atoms with Crippen LogP contribution in [0.5, 0.6) is 0 Å². The summed E-state index contributed by atoms with van der Waals surface area (Å²) in [5.74, 6) is 1.78. The van der Waals surface area contributed by atoms with Crippen LogP contribution in [0.1, 0.15) is 11.5 Å². The van der Waals surface area contributed by atoms with E-state index >= 15 is 0 Å². The smallest absolute Gasteiger partial charge is 0.230 e. The van der Waals surface area contributed by atoms with Gasteiger partial charge in [0.05, 0.1) is 6.42 Å². The van der Waals surface area contributed by atoms with Crippen molar-refractivity contribution < 1.29 is 9.21 Å². The molecule has 0 saturated carbocycles. The molecule has 0 radical (unpaired) electrons. The Morgan fingerprint density at radius 1 is 1.47 bits per heavy atom. The van der Waals surface area contributed by atoms with Gasteiger partial charge in [0.25, 0.3) is 0 Å². The predicted octanol–water partition coefficient (Wildman–Crippen LogP) is 0.562. The number of carbonyl (C=O) groups excluding carboxylic acids is 1. The summed E-state index contributed by atoms with van der Waals surface area (Å²) < 4.78 is 5.38. The fraction of sp³-hybridized carbons (Fsp3) is 0.545. The molecule has 1 aromatic heterocycles. The fourth-order valence-electron chi connectivity index (χ4n) is 1.76. The minimum absolute atomic E-state index is 0.158. The van der Waals surface area contributed by atoms with E-state index in [9.17, 15) is 4.79 Å². The van der Waals surface area contributed by atoms with Gasteiger partial charge < -0.3 is 14.6 Å². The first-order chi connectivity index (χ1) is 7.25. The third-order valence-corrected chi connectivity index (χ3v) is 2.59. The van der Waals surface area contributed by atoms with Crippen LogP contribution in [0.3, 0.4) is 0 Å². The van der Waals surface area contributed by atoms with Crippen molar-refractivity contribution in [2.45, 2.75) is 13.3 Å². The maximum absolute atomic E-state index is 11.8. The Morgan fingerprint density at radius 2 is 2.20 bits per heavy atom. The maximum atomic E-state index is 11.8. The van der Waals surface area contributed by atoms with Gasteiger partial charge in [0.15, 0.2) is 0 Å². The summed E-state index contributed by atoms with van der Waals surface area (Å²) in [7, 11) is 0. The number of nitrogens with zero attached hydrogens (tertiary/aromatic N) is 1. The average molecular weight is 208 g/mol. The zero-order valence-corrected chi connectivity index (χ0v) is 8.95. The van der Waals surface area contributed by atoms with Crippen LogP contribution in [0, 0.1) is 6.92 Å². The molecule has 0 aliphatic carbocycles. The number of carbonyl (C=O) groups is 1. The number of amides is 1. The first kappa shape index (κ1) is 10.2. The van der Waals surface area contributed by atoms with E-state index in [4.69, 9.17) is 4.42 Å². The highest BCUT2D eigenvalue weighted by Crippen LogP contribution is 2.08. The summed E-state index contributed by atoms with van der Waals surface area (Å²) in [5.41, 5.74) is 0. The van der Waals surface area contributed by atoms with Crippen LogP contribution in [0.25, 0.3) is 0 Å². The number of rotatable bonds is 2. The van der Waals surface area contributed by atoms with Crippen LogP contribution in [0.15, 0.2) is 16.5 Å². The lowest BCUT2D eigenvalue weighted by Crippen LogP contribution is -2.46. The number of nitrogens with one attached hydrogen (secondary N) is 1. The molecule has 0 spiro atoms. The number of piperazine rings is 1. The van der Waals surface area contributed by atoms with E-state index in [1.807, 2.05) is 24.0 Å². The van der Waals surface area contributed by atoms with Crippen LogP contribution in [0.4, 0.5) is 0 Å². The lowest BCUT2D eigenvalue weighted by molar-refractivity contribution is -0.131. The number of furan rings is 1. The number of hydrogen-bond donors (Lipinski definition) is 1. The summed E-state index contributed by atoms with van der Waals surface area (Å²) in [5, 5.41) is 3.22. The van der Waals surface area contributed by atoms with Crippen molar-refractivity contribution in [2.75, 3.05) is 26.2 Å². The molecule has 2 rings (SSSR count). The van der Waals surface area contributed by atoms with Crippen molar-refractivity contribution >= 4 is 5.91 Å². The zero-order chi connectivity index (χ0) is 10.7. The van der Waals surface area contributed by atoms with Gasteiger partial charge in [-0.25, -0.2) is 0 Å². The third kappa shape index (κ3) is 2.59. The standard InChI is InChI=1S/C11H16N2O2/c1-9-2-3-10(15-9)8-11(14)13-6-4-12-5-7-13/h2-3,12H,4-8H2,1H3. The van der Waals surface area contributed by atoms with Crippen molar-refractivity contribution in [1.29, 1.82) is 0 Å². The highest BCUT2D eigenvalue weighted by atomic mass is 16.3. The van der Waals surface area contributed by atoms with Crippen molar-refractivity contribution in [3.63, 3.8) is 0 Å². The van der Waals surface area contributed by atoms with E-state index in [1.165, 1.54) is 0 Å². The second-order valence-electron chi connectivity index (χ2n) is 3.82. The second-order valence-corrected chi connectivity index (χ2v) is 3.82. The fourth-order valence-corrected chi connectivity index (χ4v) is 1.76. The molecule has 1 amide bonds. The quantitative estimate of drug-likeness (QED) is 0.772. The largest absolute Gasteiger partial charge is 0.466 e. The average Bonchev–Trinajstić information content (AvgIpc) is 2.65. The SMILES string of the molecule is Cc1ccc(CC(=O)N2CCNCC2)o1. The van der Waals surface area contributed by atoms with Gasteiger partial charge in [0.1, 0.15) is 11.5 Å². The van der Waals surface area contributed by atoms with Crippen molar-refractivity contribution in [2.24, 2.45) is 0 Å². The summed E-state index contributed by atoms with van der Waals surface area (Å²) in [4.78, 5) is 13.7. The minimum Gasteiger partial charge on any atom is -0.466 e. The molecule has 0 bridgehead atoms. The van der Waals surface area contributed by atoms with Gasteiger partial charge in [-0.2, -0.15) is 0 Å². The molecule has 0 aromatic carbocycles. The molecule has 0 unspecified atom stereocenters. The lowest BCUT2D eigenvalue weighted by Gasteiger charge is -2.27. The van der Waals surface area contributed by atoms with E-state index in [0.717, 1.165) is 37.7 Å². The molecule has 1 aliphatic heterocycles. The van der Waals surface area contributed by atoms with Crippen LogP contribution < -0.4 is 5.32 Å². The first-order valence-electron chi connectivity index (χ1n) is 5.29. The molecule has 0 atom stereocenters. The summed E-state index contributed by atoms with van der Waals surface area (Å²) in [6.07, 6.45) is 0.383. The first-order valence-corrected chi connectivity index (χ1v) is 5.29. The Kier molecular flexibility index (Phi) is 3.06. The Labute approximate surface area is 89.2 Å². The van der Waals surface area contributed by atoms with E-state index in [1.54, 1.807) is 0 Å². The molecule has 4 nitrogen and oxygen atoms in total. The zero-order valence-electron chi connectivity index (χ0n) is 8.95. The van der Waals surface area contributed by atoms with Crippen molar-refractivity contribution in [3.8, 4) is 0 Å². The van der Waals surface area contributed by atoms with Crippen LogP contribution in [-0.2, 0) is 11.2 Å². The molecule has 2 heterocycles. The second kappa shape index (κ2) is 4.49. The summed E-state index contributed by atoms with van der Waals surface area (Å²) in [6, 6.07) is 3.76. The number of aryl methyl sites for hydroxylation is 1. The van der Waals surface area contributed by atoms with E-state index in [2.05, 4.69) is 5.32 Å². The highest BCUT2D eigenvalue weighted by molar-refractivity contribution is 5.78. The molecule has 1 N–H and O–H groups in total. The van der Waals surface area contributed by atoms with Gasteiger partial charge in [-0.1, -0.05) is 0 Å². The van der Waals surface area contributed by atoms with Gasteiger partial charge in [-0.05, 0) is 19.1 Å². The van der Waals surface area contributed by atoms with Gasteiger partial charge >= 0.3 is 0 Å². The molecule has 1 aliphatic rings. The van der Waals surface area contributed by atoms with E-state index in [-0.39, 0.29) is 5.91 Å². The Bertz CT molecular complexity index is 340. The summed E-state index contributed by atoms with van der Waals surface area (Å²) >= 11 is 0. The Balaban J connectivity index is 1.91. The molecular weight excluding hydrogens is 192 g/mol. The lowest BCUT2D eigenvalue weighted by atomic mass is 10.2. The summed E-state index contributed by atoms with van der Waals surface area (Å²) in [6.45, 7) is 5.28. The van der Waals surface area contributed by atoms with Crippen molar-refractivity contribution in [1.82, 2.24) is 10.2 Å². The topological polar surface area (TPSA) is 45.5 Å². The van der Waals surface area contributed by atoms with Gasteiger partial charge in [-0.3, -0.25) is 4.79 Å². The van der Waals surface area contributed by atoms with Crippen LogP contribution >= 0.6 is 0 Å². The van der Waals surface area contributed by atoms with E-state index in [0.29, 0.717) is 6.42 Å². The molecule has 1 fully saturated rings. The van der Waals surface area contributed by atoms with Gasteiger partial charge in [-0.15, -0.1) is 0 Å². The molecule has 1 aromatic rings. The predicted molar refractivity (Wildman–Crippen MR) is 56.6 cm³/mol. The number of hydrogen-bond acceptors (Lipinski definition) is 3. The van der Waals surface area contributed by atoms with Crippen molar-refractivity contribution in [3.05, 3.63) is 23.7 Å². The third-order valence-electron chi connectivity index (χ3n) is 2.59. The van der Waals surface area contributed by atoms with Crippen LogP contribution in [0.2, 0.25) is 0 Å². The normalized spacial score (nSPS) is 16.7. The minimum atomic E-state index is 0.158. The van der Waals surface area contributed by atoms with Gasteiger partial charge in [0.2, 0.25) is 5.91 Å². The Hall–Kier alpha value is -1.29. The molecule has 15 heavy (non-hydrogen) atoms. The molecular formula is C11H16N2O2. The molecule has 82 valence electrons. The van der Waals surface area contributed by atoms with Gasteiger partial charge in [0, 0.05) is 26.2 Å². The monoisotopic (exact) mass is 208 g/mol. The molecule has 1 saturated heterocycles. The maximum Gasteiger partial charge on any atom is 0.230 e.